The predicted molar refractivity (Wildman–Crippen MR) is 227 cm³/mol. The SMILES string of the molecule is CC(C)C(C)(C)[Si](C)(C)O[C@@H]1CC2C3C(CC[C@]2(C)C12CC2)c1ccc(OC2CCCCO2)cc1[C@H](F)[C@H]3CCCCCCCCCSCCCC(F)(F)C(F)(F)F. The molecule has 8 atom stereocenters. The molecule has 58 heavy (non-hydrogen) atoms. The van der Waals surface area contributed by atoms with Crippen LogP contribution >= 0.6 is 11.8 Å². The zero-order chi connectivity index (χ0) is 42.1. The maximum Gasteiger partial charge on any atom is 0.453 e. The maximum absolute atomic E-state index is 17.5. The van der Waals surface area contributed by atoms with Gasteiger partial charge in [0.2, 0.25) is 0 Å². The number of fused-ring (bicyclic) bond motifs is 6. The number of thioether (sulfide) groups is 1. The molecule has 332 valence electrons. The highest BCUT2D eigenvalue weighted by Crippen LogP contribution is 2.78. The van der Waals surface area contributed by atoms with E-state index in [1.54, 1.807) is 0 Å². The number of hydrogen-bond acceptors (Lipinski definition) is 4. The van der Waals surface area contributed by atoms with Crippen molar-refractivity contribution >= 4 is 20.1 Å². The summed E-state index contributed by atoms with van der Waals surface area (Å²) in [6, 6.07) is 6.27. The van der Waals surface area contributed by atoms with Gasteiger partial charge in [-0.3, -0.25) is 0 Å². The van der Waals surface area contributed by atoms with Gasteiger partial charge >= 0.3 is 12.1 Å². The number of benzene rings is 1. The van der Waals surface area contributed by atoms with Crippen molar-refractivity contribution in [3.05, 3.63) is 29.3 Å². The number of alkyl halides is 6. The molecule has 1 spiro atoms. The van der Waals surface area contributed by atoms with Gasteiger partial charge < -0.3 is 13.9 Å². The number of unbranched alkanes of at least 4 members (excludes halogenated alkanes) is 6. The molecule has 1 heterocycles. The van der Waals surface area contributed by atoms with Crippen LogP contribution in [-0.4, -0.2) is 50.9 Å². The van der Waals surface area contributed by atoms with Crippen molar-refractivity contribution in [2.75, 3.05) is 18.1 Å². The molecule has 6 rings (SSSR count). The minimum absolute atomic E-state index is 0.0386. The van der Waals surface area contributed by atoms with Gasteiger partial charge in [0.25, 0.3) is 0 Å². The number of ether oxygens (including phenoxy) is 2. The van der Waals surface area contributed by atoms with Crippen molar-refractivity contribution in [1.29, 1.82) is 0 Å². The normalized spacial score (nSPS) is 31.0. The highest BCUT2D eigenvalue weighted by Gasteiger charge is 2.73. The fourth-order valence-corrected chi connectivity index (χ4v) is 15.5. The summed E-state index contributed by atoms with van der Waals surface area (Å²) in [4.78, 5) is 0. The Bertz CT molecular complexity index is 1490. The maximum atomic E-state index is 17.5. The lowest BCUT2D eigenvalue weighted by atomic mass is 9.50. The summed E-state index contributed by atoms with van der Waals surface area (Å²) >= 11 is 1.46. The molecule has 0 aromatic heterocycles. The van der Waals surface area contributed by atoms with Gasteiger partial charge in [0.15, 0.2) is 14.6 Å². The van der Waals surface area contributed by atoms with Gasteiger partial charge in [-0.25, -0.2) is 4.39 Å². The molecule has 1 aromatic carbocycles. The van der Waals surface area contributed by atoms with E-state index >= 15 is 4.39 Å². The third-order valence-electron chi connectivity index (χ3n) is 16.7. The summed E-state index contributed by atoms with van der Waals surface area (Å²) in [6.07, 6.45) is 9.20. The van der Waals surface area contributed by atoms with E-state index in [-0.39, 0.29) is 40.6 Å². The van der Waals surface area contributed by atoms with Crippen molar-refractivity contribution < 1.29 is 40.2 Å². The Morgan fingerprint density at radius 1 is 0.879 bits per heavy atom. The number of hydrogen-bond donors (Lipinski definition) is 0. The second kappa shape index (κ2) is 18.4. The van der Waals surface area contributed by atoms with Gasteiger partial charge in [0.1, 0.15) is 11.9 Å². The molecular formula is C47H74F6O3SSi. The molecule has 5 aliphatic rings. The zero-order valence-electron chi connectivity index (χ0n) is 36.6. The quantitative estimate of drug-likeness (QED) is 0.0742. The summed E-state index contributed by atoms with van der Waals surface area (Å²) < 4.78 is 101. The molecule has 0 radical (unpaired) electrons. The minimum Gasteiger partial charge on any atom is -0.465 e. The summed E-state index contributed by atoms with van der Waals surface area (Å²) in [5, 5.41) is 0.142. The first kappa shape index (κ1) is 46.6. The smallest absolute Gasteiger partial charge is 0.453 e. The van der Waals surface area contributed by atoms with Crippen LogP contribution < -0.4 is 4.74 Å². The van der Waals surface area contributed by atoms with Crippen molar-refractivity contribution in [2.24, 2.45) is 34.5 Å². The van der Waals surface area contributed by atoms with Crippen LogP contribution in [0.25, 0.3) is 0 Å². The van der Waals surface area contributed by atoms with Crippen LogP contribution in [0.4, 0.5) is 26.3 Å². The molecule has 0 N–H and O–H groups in total. The standard InChI is InChI=1S/C47H74F6O3SSi/c1-32(2)43(3,4)58(6,7)56-39-31-38-41-35(22-24-44(38,5)45(39)25-26-45)34-21-20-33(55-40-19-14-15-27-54-40)30-37(34)42(48)36(41)18-13-11-9-8-10-12-16-28-57-29-17-23-46(49,50)47(51,52)53/h20-21,30,32,35-36,38-42H,8-19,22-29,31H2,1-7H3/t35?,36-,38?,39+,40?,41?,42+,44-/m0/s1. The molecule has 1 aliphatic heterocycles. The first-order chi connectivity index (χ1) is 27.3. The van der Waals surface area contributed by atoms with Crippen molar-refractivity contribution in [3.8, 4) is 5.75 Å². The molecule has 0 bridgehead atoms. The molecule has 1 saturated heterocycles. The molecule has 11 heteroatoms. The van der Waals surface area contributed by atoms with Crippen LogP contribution in [0.15, 0.2) is 18.2 Å². The van der Waals surface area contributed by atoms with Crippen LogP contribution in [0, 0.1) is 34.5 Å². The van der Waals surface area contributed by atoms with E-state index < -0.39 is 33.0 Å². The third kappa shape index (κ3) is 9.52. The molecule has 4 unspecified atom stereocenters. The Morgan fingerprint density at radius 3 is 2.19 bits per heavy atom. The van der Waals surface area contributed by atoms with E-state index in [2.05, 4.69) is 59.8 Å². The van der Waals surface area contributed by atoms with Gasteiger partial charge in [0.05, 0.1) is 12.7 Å². The monoisotopic (exact) mass is 861 g/mol. The van der Waals surface area contributed by atoms with Gasteiger partial charge in [-0.05, 0) is 152 Å². The highest BCUT2D eigenvalue weighted by molar-refractivity contribution is 7.99. The third-order valence-corrected chi connectivity index (χ3v) is 22.4. The van der Waals surface area contributed by atoms with Crippen molar-refractivity contribution in [3.63, 3.8) is 0 Å². The van der Waals surface area contributed by atoms with Crippen LogP contribution in [-0.2, 0) is 9.16 Å². The Balaban J connectivity index is 1.08. The Kier molecular flexibility index (Phi) is 14.8. The van der Waals surface area contributed by atoms with E-state index in [0.717, 1.165) is 101 Å². The average Bonchev–Trinajstić information content (AvgIpc) is 3.94. The summed E-state index contributed by atoms with van der Waals surface area (Å²) in [5.74, 6) is -1.20. The van der Waals surface area contributed by atoms with E-state index in [1.807, 2.05) is 6.07 Å². The van der Waals surface area contributed by atoms with Gasteiger partial charge in [-0.15, -0.1) is 0 Å². The van der Waals surface area contributed by atoms with E-state index in [4.69, 9.17) is 13.9 Å². The number of halogens is 6. The molecule has 0 amide bonds. The van der Waals surface area contributed by atoms with Crippen LogP contribution in [0.5, 0.6) is 5.75 Å². The Morgan fingerprint density at radius 2 is 1.55 bits per heavy atom. The predicted octanol–water partition coefficient (Wildman–Crippen LogP) is 15.4. The molecule has 3 nitrogen and oxygen atoms in total. The van der Waals surface area contributed by atoms with E-state index in [1.165, 1.54) is 36.6 Å². The lowest BCUT2D eigenvalue weighted by molar-refractivity contribution is -0.284. The van der Waals surface area contributed by atoms with E-state index in [0.29, 0.717) is 36.0 Å². The highest BCUT2D eigenvalue weighted by atomic mass is 32.2. The van der Waals surface area contributed by atoms with Gasteiger partial charge in [-0.2, -0.15) is 33.7 Å². The number of rotatable bonds is 20. The second-order valence-corrected chi connectivity index (χ2v) is 26.4. The lowest BCUT2D eigenvalue weighted by Gasteiger charge is -2.55. The van der Waals surface area contributed by atoms with Crippen LogP contribution in [0.1, 0.15) is 173 Å². The molecule has 4 aliphatic carbocycles. The summed E-state index contributed by atoms with van der Waals surface area (Å²) in [7, 11) is -2.08. The Hall–Kier alpha value is -0.913. The fraction of sp³-hybridized carbons (Fsp3) is 0.872. The van der Waals surface area contributed by atoms with Gasteiger partial charge in [-0.1, -0.05) is 79.2 Å². The van der Waals surface area contributed by atoms with Crippen molar-refractivity contribution in [2.45, 2.75) is 205 Å². The van der Waals surface area contributed by atoms with Crippen LogP contribution in [0.3, 0.4) is 0 Å². The summed E-state index contributed by atoms with van der Waals surface area (Å²) in [6.45, 7) is 17.6. The second-order valence-electron chi connectivity index (χ2n) is 20.6. The first-order valence-electron chi connectivity index (χ1n) is 23.0. The fourth-order valence-electron chi connectivity index (χ4n) is 11.8. The lowest BCUT2D eigenvalue weighted by Crippen LogP contribution is -2.50. The minimum atomic E-state index is -5.46. The molecule has 4 fully saturated rings. The average molecular weight is 861 g/mol. The largest absolute Gasteiger partial charge is 0.465 e. The van der Waals surface area contributed by atoms with Crippen molar-refractivity contribution in [1.82, 2.24) is 0 Å². The Labute approximate surface area is 351 Å². The zero-order valence-corrected chi connectivity index (χ0v) is 38.4. The topological polar surface area (TPSA) is 27.7 Å². The first-order valence-corrected chi connectivity index (χ1v) is 27.1. The summed E-state index contributed by atoms with van der Waals surface area (Å²) in [5.41, 5.74) is 2.42. The van der Waals surface area contributed by atoms with Gasteiger partial charge in [0, 0.05) is 18.3 Å². The van der Waals surface area contributed by atoms with E-state index in [9.17, 15) is 22.0 Å². The molecule has 3 saturated carbocycles. The molecular weight excluding hydrogens is 787 g/mol. The van der Waals surface area contributed by atoms with Crippen LogP contribution in [0.2, 0.25) is 18.1 Å². The molecule has 1 aromatic rings.